The van der Waals surface area contributed by atoms with Crippen molar-refractivity contribution in [2.45, 2.75) is 27.2 Å². The molecular formula is C21H21NO2S. The standard InChI is InChI=1S/C21H21NO2S/c1-4-15-19(24-12-21(15,2)3)13-9-10-14(17(23)11-13)20-22-16-7-5-6-8-18(16)25-20/h5-11,23H,4,12H2,1-3H3. The molecule has 0 saturated heterocycles. The van der Waals surface area contributed by atoms with Gasteiger partial charge in [0.05, 0.1) is 22.4 Å². The van der Waals surface area contributed by atoms with Crippen LogP contribution in [0.25, 0.3) is 26.5 Å². The Hall–Kier alpha value is -2.33. The van der Waals surface area contributed by atoms with Gasteiger partial charge in [0.25, 0.3) is 0 Å². The second-order valence-corrected chi connectivity index (χ2v) is 8.08. The Morgan fingerprint density at radius 2 is 2.00 bits per heavy atom. The van der Waals surface area contributed by atoms with Crippen LogP contribution in [0.2, 0.25) is 0 Å². The molecule has 0 spiro atoms. The van der Waals surface area contributed by atoms with E-state index in [0.717, 1.165) is 38.5 Å². The fourth-order valence-electron chi connectivity index (χ4n) is 3.47. The summed E-state index contributed by atoms with van der Waals surface area (Å²) in [4.78, 5) is 4.64. The predicted octanol–water partition coefficient (Wildman–Crippen LogP) is 5.85. The lowest BCUT2D eigenvalue weighted by molar-refractivity contribution is 0.222. The van der Waals surface area contributed by atoms with E-state index in [1.807, 2.05) is 30.3 Å². The fourth-order valence-corrected chi connectivity index (χ4v) is 4.47. The number of nitrogens with zero attached hydrogens (tertiary/aromatic N) is 1. The molecule has 0 fully saturated rings. The van der Waals surface area contributed by atoms with Crippen LogP contribution in [0.5, 0.6) is 5.75 Å². The quantitative estimate of drug-likeness (QED) is 0.644. The van der Waals surface area contributed by atoms with Gasteiger partial charge in [-0.1, -0.05) is 39.0 Å². The number of aromatic hydroxyl groups is 1. The van der Waals surface area contributed by atoms with Crippen molar-refractivity contribution in [3.05, 3.63) is 53.6 Å². The molecule has 3 nitrogen and oxygen atoms in total. The molecule has 2 heterocycles. The van der Waals surface area contributed by atoms with Gasteiger partial charge in [0.1, 0.15) is 16.5 Å². The number of benzene rings is 2. The number of hydrogen-bond donors (Lipinski definition) is 1. The SMILES string of the molecule is CCC1=C(c2ccc(-c3nc4ccccc4s3)c(O)c2)OCC1(C)C. The van der Waals surface area contributed by atoms with Crippen LogP contribution in [0.1, 0.15) is 32.8 Å². The Labute approximate surface area is 151 Å². The highest BCUT2D eigenvalue weighted by atomic mass is 32.1. The van der Waals surface area contributed by atoms with E-state index in [0.29, 0.717) is 6.61 Å². The summed E-state index contributed by atoms with van der Waals surface area (Å²) in [5.74, 6) is 1.16. The first kappa shape index (κ1) is 16.2. The van der Waals surface area contributed by atoms with E-state index in [4.69, 9.17) is 4.74 Å². The minimum Gasteiger partial charge on any atom is -0.507 e. The fraction of sp³-hybridized carbons (Fsp3) is 0.286. The predicted molar refractivity (Wildman–Crippen MR) is 104 cm³/mol. The van der Waals surface area contributed by atoms with E-state index < -0.39 is 0 Å². The van der Waals surface area contributed by atoms with E-state index >= 15 is 0 Å². The third-order valence-corrected chi connectivity index (χ3v) is 5.88. The number of ether oxygens (including phenoxy) is 1. The van der Waals surface area contributed by atoms with Gasteiger partial charge in [0, 0.05) is 11.0 Å². The summed E-state index contributed by atoms with van der Waals surface area (Å²) < 4.78 is 7.08. The van der Waals surface area contributed by atoms with Crippen LogP contribution < -0.4 is 0 Å². The van der Waals surface area contributed by atoms with Crippen molar-refractivity contribution in [1.82, 2.24) is 4.98 Å². The average molecular weight is 351 g/mol. The molecule has 0 unspecified atom stereocenters. The van der Waals surface area contributed by atoms with E-state index in [-0.39, 0.29) is 11.2 Å². The van der Waals surface area contributed by atoms with Gasteiger partial charge in [-0.15, -0.1) is 11.3 Å². The second kappa shape index (κ2) is 5.88. The number of fused-ring (bicyclic) bond motifs is 1. The molecule has 1 N–H and O–H groups in total. The van der Waals surface area contributed by atoms with Crippen LogP contribution in [0, 0.1) is 5.41 Å². The van der Waals surface area contributed by atoms with Gasteiger partial charge in [-0.25, -0.2) is 4.98 Å². The Morgan fingerprint density at radius 3 is 2.72 bits per heavy atom. The molecule has 128 valence electrons. The number of phenols is 1. The lowest BCUT2D eigenvalue weighted by Crippen LogP contribution is -2.14. The molecule has 0 atom stereocenters. The molecule has 0 amide bonds. The van der Waals surface area contributed by atoms with Gasteiger partial charge in [-0.2, -0.15) is 0 Å². The van der Waals surface area contributed by atoms with Gasteiger partial charge >= 0.3 is 0 Å². The van der Waals surface area contributed by atoms with Crippen molar-refractivity contribution < 1.29 is 9.84 Å². The molecule has 0 saturated carbocycles. The maximum absolute atomic E-state index is 10.6. The molecular weight excluding hydrogens is 330 g/mol. The molecule has 0 bridgehead atoms. The van der Waals surface area contributed by atoms with Crippen molar-refractivity contribution in [3.8, 4) is 16.3 Å². The van der Waals surface area contributed by atoms with Gasteiger partial charge in [-0.05, 0) is 36.3 Å². The highest BCUT2D eigenvalue weighted by molar-refractivity contribution is 7.21. The molecule has 3 aromatic rings. The number of aromatic nitrogens is 1. The summed E-state index contributed by atoms with van der Waals surface area (Å²) in [5, 5.41) is 11.4. The zero-order chi connectivity index (χ0) is 17.6. The van der Waals surface area contributed by atoms with Gasteiger partial charge in [-0.3, -0.25) is 0 Å². The monoisotopic (exact) mass is 351 g/mol. The number of thiazole rings is 1. The average Bonchev–Trinajstić information content (AvgIpc) is 3.14. The number of para-hydroxylation sites is 1. The minimum absolute atomic E-state index is 0.0470. The summed E-state index contributed by atoms with van der Waals surface area (Å²) in [6, 6.07) is 13.8. The first-order chi connectivity index (χ1) is 12.0. The molecule has 4 rings (SSSR count). The van der Waals surface area contributed by atoms with Crippen LogP contribution in [0.3, 0.4) is 0 Å². The molecule has 1 aliphatic rings. The first-order valence-corrected chi connectivity index (χ1v) is 9.37. The van der Waals surface area contributed by atoms with Crippen molar-refractivity contribution in [3.63, 3.8) is 0 Å². The maximum Gasteiger partial charge on any atom is 0.128 e. The highest BCUT2D eigenvalue weighted by Gasteiger charge is 2.34. The number of rotatable bonds is 3. The van der Waals surface area contributed by atoms with Crippen LogP contribution in [0.4, 0.5) is 0 Å². The van der Waals surface area contributed by atoms with Gasteiger partial charge in [0.15, 0.2) is 0 Å². The zero-order valence-corrected chi connectivity index (χ0v) is 15.5. The lowest BCUT2D eigenvalue weighted by Gasteiger charge is -2.18. The second-order valence-electron chi connectivity index (χ2n) is 7.05. The van der Waals surface area contributed by atoms with Crippen LogP contribution in [-0.4, -0.2) is 16.7 Å². The Balaban J connectivity index is 1.77. The smallest absolute Gasteiger partial charge is 0.128 e. The van der Waals surface area contributed by atoms with Crippen molar-refractivity contribution >= 4 is 27.3 Å². The van der Waals surface area contributed by atoms with E-state index in [1.165, 1.54) is 5.57 Å². The molecule has 0 aliphatic carbocycles. The number of hydrogen-bond acceptors (Lipinski definition) is 4. The Bertz CT molecular complexity index is 951. The van der Waals surface area contributed by atoms with E-state index in [1.54, 1.807) is 17.4 Å². The van der Waals surface area contributed by atoms with Crippen LogP contribution in [0.15, 0.2) is 48.0 Å². The third-order valence-electron chi connectivity index (χ3n) is 4.81. The molecule has 1 aliphatic heterocycles. The van der Waals surface area contributed by atoms with E-state index in [2.05, 4.69) is 31.8 Å². The molecule has 4 heteroatoms. The van der Waals surface area contributed by atoms with Crippen LogP contribution >= 0.6 is 11.3 Å². The summed E-state index contributed by atoms with van der Waals surface area (Å²) in [5.41, 5.74) is 4.01. The van der Waals surface area contributed by atoms with Crippen molar-refractivity contribution in [2.24, 2.45) is 5.41 Å². The third kappa shape index (κ3) is 2.71. The maximum atomic E-state index is 10.6. The summed E-state index contributed by atoms with van der Waals surface area (Å²) in [7, 11) is 0. The Morgan fingerprint density at radius 1 is 1.20 bits per heavy atom. The highest BCUT2D eigenvalue weighted by Crippen LogP contribution is 2.44. The summed E-state index contributed by atoms with van der Waals surface area (Å²) in [6.07, 6.45) is 0.947. The molecule has 1 aromatic heterocycles. The molecule has 2 aromatic carbocycles. The lowest BCUT2D eigenvalue weighted by atomic mass is 9.83. The summed E-state index contributed by atoms with van der Waals surface area (Å²) >= 11 is 1.59. The largest absolute Gasteiger partial charge is 0.507 e. The topological polar surface area (TPSA) is 42.4 Å². The summed E-state index contributed by atoms with van der Waals surface area (Å²) in [6.45, 7) is 7.25. The first-order valence-electron chi connectivity index (χ1n) is 8.55. The van der Waals surface area contributed by atoms with Crippen LogP contribution in [-0.2, 0) is 4.74 Å². The number of phenolic OH excluding ortho intramolecular Hbond substituents is 1. The molecule has 25 heavy (non-hydrogen) atoms. The van der Waals surface area contributed by atoms with Crippen molar-refractivity contribution in [2.75, 3.05) is 6.61 Å². The van der Waals surface area contributed by atoms with Gasteiger partial charge < -0.3 is 9.84 Å². The van der Waals surface area contributed by atoms with E-state index in [9.17, 15) is 5.11 Å². The minimum atomic E-state index is 0.0470. The van der Waals surface area contributed by atoms with Gasteiger partial charge in [0.2, 0.25) is 0 Å². The molecule has 0 radical (unpaired) electrons. The Kier molecular flexibility index (Phi) is 3.80. The zero-order valence-electron chi connectivity index (χ0n) is 14.7. The normalized spacial score (nSPS) is 16.4. The van der Waals surface area contributed by atoms with Crippen molar-refractivity contribution in [1.29, 1.82) is 0 Å².